The summed E-state index contributed by atoms with van der Waals surface area (Å²) in [6, 6.07) is 15.4. The van der Waals surface area contributed by atoms with E-state index in [1.807, 2.05) is 48.5 Å². The number of halogens is 1. The first-order valence-electron chi connectivity index (χ1n) is 8.08. The van der Waals surface area contributed by atoms with Crippen LogP contribution in [0.15, 0.2) is 53.0 Å². The monoisotopic (exact) mass is 384 g/mol. The van der Waals surface area contributed by atoms with Gasteiger partial charge in [0.2, 0.25) is 11.8 Å². The quantitative estimate of drug-likeness (QED) is 0.857. The fourth-order valence-electron chi connectivity index (χ4n) is 3.24. The van der Waals surface area contributed by atoms with Crippen LogP contribution in [0.1, 0.15) is 30.0 Å². The third kappa shape index (κ3) is 2.84. The molecule has 1 aliphatic heterocycles. The zero-order valence-electron chi connectivity index (χ0n) is 13.0. The number of carbonyl (C=O) groups excluding carboxylic acids is 2. The normalized spacial score (nSPS) is 20.1. The SMILES string of the molecule is O=C1CN(C(=O)C2CC2)[C@H](c2ccccc2)c2cc(Br)ccc2N1. The number of benzene rings is 2. The van der Waals surface area contributed by atoms with Gasteiger partial charge >= 0.3 is 0 Å². The van der Waals surface area contributed by atoms with Crippen LogP contribution in [0.4, 0.5) is 5.69 Å². The van der Waals surface area contributed by atoms with E-state index >= 15 is 0 Å². The van der Waals surface area contributed by atoms with Crippen LogP contribution in [0.2, 0.25) is 0 Å². The Morgan fingerprint density at radius 2 is 1.88 bits per heavy atom. The van der Waals surface area contributed by atoms with Crippen LogP contribution >= 0.6 is 15.9 Å². The van der Waals surface area contributed by atoms with E-state index in [9.17, 15) is 9.59 Å². The highest BCUT2D eigenvalue weighted by molar-refractivity contribution is 9.10. The van der Waals surface area contributed by atoms with Gasteiger partial charge in [0.05, 0.1) is 6.04 Å². The summed E-state index contributed by atoms with van der Waals surface area (Å²) in [6.45, 7) is 0.0845. The molecule has 4 nitrogen and oxygen atoms in total. The van der Waals surface area contributed by atoms with E-state index in [4.69, 9.17) is 0 Å². The lowest BCUT2D eigenvalue weighted by molar-refractivity contribution is -0.137. The van der Waals surface area contributed by atoms with Gasteiger partial charge in [-0.15, -0.1) is 0 Å². The molecule has 0 radical (unpaired) electrons. The maximum atomic E-state index is 12.9. The summed E-state index contributed by atoms with van der Waals surface area (Å²) in [4.78, 5) is 27.0. The third-order valence-electron chi connectivity index (χ3n) is 4.53. The van der Waals surface area contributed by atoms with Gasteiger partial charge in [0.25, 0.3) is 0 Å². The van der Waals surface area contributed by atoms with Gasteiger partial charge in [-0.2, -0.15) is 0 Å². The molecule has 1 saturated carbocycles. The Kier molecular flexibility index (Phi) is 3.88. The fourth-order valence-corrected chi connectivity index (χ4v) is 3.62. The minimum atomic E-state index is -0.259. The second kappa shape index (κ2) is 6.06. The van der Waals surface area contributed by atoms with Gasteiger partial charge in [0.15, 0.2) is 0 Å². The van der Waals surface area contributed by atoms with Gasteiger partial charge in [-0.1, -0.05) is 46.3 Å². The van der Waals surface area contributed by atoms with Crippen molar-refractivity contribution in [3.8, 4) is 0 Å². The third-order valence-corrected chi connectivity index (χ3v) is 5.03. The van der Waals surface area contributed by atoms with Gasteiger partial charge in [-0.25, -0.2) is 0 Å². The molecule has 24 heavy (non-hydrogen) atoms. The average molecular weight is 385 g/mol. The lowest BCUT2D eigenvalue weighted by atomic mass is 9.95. The molecule has 2 amide bonds. The molecular formula is C19H17BrN2O2. The molecule has 1 heterocycles. The molecule has 0 unspecified atom stereocenters. The lowest BCUT2D eigenvalue weighted by Crippen LogP contribution is -2.39. The van der Waals surface area contributed by atoms with Gasteiger partial charge in [-0.05, 0) is 36.6 Å². The van der Waals surface area contributed by atoms with Crippen LogP contribution in [0.3, 0.4) is 0 Å². The van der Waals surface area contributed by atoms with Crippen molar-refractivity contribution in [2.75, 3.05) is 11.9 Å². The second-order valence-electron chi connectivity index (χ2n) is 6.33. The van der Waals surface area contributed by atoms with E-state index in [0.717, 1.165) is 34.1 Å². The number of hydrogen-bond acceptors (Lipinski definition) is 2. The van der Waals surface area contributed by atoms with Crippen molar-refractivity contribution in [3.63, 3.8) is 0 Å². The predicted molar refractivity (Wildman–Crippen MR) is 95.5 cm³/mol. The number of hydrogen-bond donors (Lipinski definition) is 1. The molecule has 2 aliphatic rings. The minimum Gasteiger partial charge on any atom is -0.324 e. The topological polar surface area (TPSA) is 49.4 Å². The summed E-state index contributed by atoms with van der Waals surface area (Å²) in [7, 11) is 0. The molecule has 1 N–H and O–H groups in total. The van der Waals surface area contributed by atoms with Gasteiger partial charge in [-0.3, -0.25) is 9.59 Å². The van der Waals surface area contributed by atoms with Crippen molar-refractivity contribution in [2.24, 2.45) is 5.92 Å². The Hall–Kier alpha value is -2.14. The summed E-state index contributed by atoms with van der Waals surface area (Å²) in [5.74, 6) is -0.00412. The molecule has 0 spiro atoms. The molecule has 2 aromatic rings. The van der Waals surface area contributed by atoms with E-state index in [0.29, 0.717) is 0 Å². The van der Waals surface area contributed by atoms with E-state index in [-0.39, 0.29) is 30.3 Å². The highest BCUT2D eigenvalue weighted by atomic mass is 79.9. The van der Waals surface area contributed by atoms with Crippen molar-refractivity contribution >= 4 is 33.4 Å². The highest BCUT2D eigenvalue weighted by Crippen LogP contribution is 2.40. The predicted octanol–water partition coefficient (Wildman–Crippen LogP) is 3.73. The number of anilines is 1. The molecule has 0 aromatic heterocycles. The van der Waals surface area contributed by atoms with Crippen molar-refractivity contribution in [2.45, 2.75) is 18.9 Å². The van der Waals surface area contributed by atoms with Crippen LogP contribution in [-0.4, -0.2) is 23.3 Å². The molecule has 1 fully saturated rings. The van der Waals surface area contributed by atoms with E-state index in [1.54, 1.807) is 4.90 Å². The van der Waals surface area contributed by atoms with Gasteiger partial charge in [0, 0.05) is 21.6 Å². The summed E-state index contributed by atoms with van der Waals surface area (Å²) in [5, 5.41) is 2.94. The van der Waals surface area contributed by atoms with Gasteiger partial charge in [0.1, 0.15) is 6.54 Å². The zero-order valence-corrected chi connectivity index (χ0v) is 14.6. The molecule has 4 rings (SSSR count). The molecule has 2 aromatic carbocycles. The number of nitrogens with one attached hydrogen (secondary N) is 1. The minimum absolute atomic E-state index is 0.0673. The molecule has 0 saturated heterocycles. The summed E-state index contributed by atoms with van der Waals surface area (Å²) in [5.41, 5.74) is 2.72. The van der Waals surface area contributed by atoms with Crippen molar-refractivity contribution < 1.29 is 9.59 Å². The number of amides is 2. The first kappa shape index (κ1) is 15.4. The number of rotatable bonds is 2. The Balaban J connectivity index is 1.88. The van der Waals surface area contributed by atoms with Crippen molar-refractivity contribution in [1.82, 2.24) is 4.90 Å². The first-order chi connectivity index (χ1) is 11.6. The van der Waals surface area contributed by atoms with Crippen LogP contribution < -0.4 is 5.32 Å². The molecule has 1 atom stereocenters. The zero-order chi connectivity index (χ0) is 16.7. The molecule has 5 heteroatoms. The van der Waals surface area contributed by atoms with Crippen LogP contribution in [0.5, 0.6) is 0 Å². The van der Waals surface area contributed by atoms with Crippen LogP contribution in [-0.2, 0) is 9.59 Å². The van der Waals surface area contributed by atoms with Crippen molar-refractivity contribution in [1.29, 1.82) is 0 Å². The van der Waals surface area contributed by atoms with E-state index < -0.39 is 0 Å². The molecular weight excluding hydrogens is 368 g/mol. The highest BCUT2D eigenvalue weighted by Gasteiger charge is 2.40. The Morgan fingerprint density at radius 1 is 1.12 bits per heavy atom. The Labute approximate surface area is 149 Å². The maximum absolute atomic E-state index is 12.9. The smallest absolute Gasteiger partial charge is 0.244 e. The average Bonchev–Trinajstić information content (AvgIpc) is 3.42. The number of fused-ring (bicyclic) bond motifs is 1. The number of nitrogens with zero attached hydrogens (tertiary/aromatic N) is 1. The van der Waals surface area contributed by atoms with Crippen LogP contribution in [0, 0.1) is 5.92 Å². The lowest BCUT2D eigenvalue weighted by Gasteiger charge is -2.30. The summed E-state index contributed by atoms with van der Waals surface area (Å²) in [6.07, 6.45) is 1.84. The van der Waals surface area contributed by atoms with Crippen molar-refractivity contribution in [3.05, 3.63) is 64.1 Å². The molecule has 0 bridgehead atoms. The van der Waals surface area contributed by atoms with Crippen LogP contribution in [0.25, 0.3) is 0 Å². The Morgan fingerprint density at radius 3 is 2.58 bits per heavy atom. The molecule has 1 aliphatic carbocycles. The van der Waals surface area contributed by atoms with Gasteiger partial charge < -0.3 is 10.2 Å². The number of carbonyl (C=O) groups is 2. The fraction of sp³-hybridized carbons (Fsp3) is 0.263. The largest absolute Gasteiger partial charge is 0.324 e. The van der Waals surface area contributed by atoms with E-state index in [2.05, 4.69) is 21.2 Å². The summed E-state index contributed by atoms with van der Waals surface area (Å²) >= 11 is 3.51. The second-order valence-corrected chi connectivity index (χ2v) is 7.25. The summed E-state index contributed by atoms with van der Waals surface area (Å²) < 4.78 is 0.928. The Bertz CT molecular complexity index is 802. The first-order valence-corrected chi connectivity index (χ1v) is 8.87. The standard InChI is InChI=1S/C19H17BrN2O2/c20-14-8-9-16-15(10-14)18(12-4-2-1-3-5-12)22(11-17(23)21-16)19(24)13-6-7-13/h1-5,8-10,13,18H,6-7,11H2,(H,21,23)/t18-/m1/s1. The molecule has 122 valence electrons. The maximum Gasteiger partial charge on any atom is 0.244 e. The van der Waals surface area contributed by atoms with E-state index in [1.165, 1.54) is 0 Å².